The monoisotopic (exact) mass is 381 g/mol. The molecule has 0 radical (unpaired) electrons. The van der Waals surface area contributed by atoms with Gasteiger partial charge in [-0.2, -0.15) is 0 Å². The molecule has 0 aromatic heterocycles. The summed E-state index contributed by atoms with van der Waals surface area (Å²) in [4.78, 5) is 26.5. The van der Waals surface area contributed by atoms with Crippen LogP contribution in [0.25, 0.3) is 11.1 Å². The van der Waals surface area contributed by atoms with E-state index in [1.807, 2.05) is 56.3 Å². The van der Waals surface area contributed by atoms with E-state index in [4.69, 9.17) is 4.74 Å². The van der Waals surface area contributed by atoms with E-state index in [2.05, 4.69) is 15.8 Å². The Labute approximate surface area is 165 Å². The minimum Gasteiger partial charge on any atom is -0.373 e. The van der Waals surface area contributed by atoms with Crippen LogP contribution in [0.2, 0.25) is 0 Å². The third-order valence-electron chi connectivity index (χ3n) is 4.72. The molecule has 6 heteroatoms. The van der Waals surface area contributed by atoms with Crippen molar-refractivity contribution >= 4 is 11.8 Å². The maximum atomic E-state index is 12.2. The highest BCUT2D eigenvalue weighted by atomic mass is 16.5. The minimum atomic E-state index is -0.332. The van der Waals surface area contributed by atoms with Gasteiger partial charge < -0.3 is 4.74 Å². The largest absolute Gasteiger partial charge is 0.373 e. The van der Waals surface area contributed by atoms with Gasteiger partial charge in [-0.05, 0) is 37.1 Å². The summed E-state index contributed by atoms with van der Waals surface area (Å²) in [6.07, 6.45) is 0.669. The number of rotatable bonds is 5. The Morgan fingerprint density at radius 3 is 2.18 bits per heavy atom. The van der Waals surface area contributed by atoms with E-state index in [-0.39, 0.29) is 24.0 Å². The number of nitrogens with zero attached hydrogens (tertiary/aromatic N) is 1. The average molecular weight is 381 g/mol. The molecule has 2 aromatic rings. The van der Waals surface area contributed by atoms with Crippen LogP contribution in [0.3, 0.4) is 0 Å². The summed E-state index contributed by atoms with van der Waals surface area (Å²) in [5, 5.41) is 0. The number of benzene rings is 2. The topological polar surface area (TPSA) is 70.7 Å². The number of hydrazine groups is 1. The zero-order chi connectivity index (χ0) is 19.9. The summed E-state index contributed by atoms with van der Waals surface area (Å²) in [5.41, 5.74) is 7.60. The first-order valence-corrected chi connectivity index (χ1v) is 9.64. The first-order valence-electron chi connectivity index (χ1n) is 9.64. The molecule has 3 rings (SSSR count). The Bertz CT molecular complexity index is 782. The fourth-order valence-electron chi connectivity index (χ4n) is 3.43. The summed E-state index contributed by atoms with van der Waals surface area (Å²) in [5.74, 6) is -0.539. The molecule has 1 heterocycles. The van der Waals surface area contributed by atoms with E-state index in [0.29, 0.717) is 18.5 Å². The van der Waals surface area contributed by atoms with Crippen molar-refractivity contribution in [2.45, 2.75) is 32.5 Å². The molecule has 1 fully saturated rings. The Balaban J connectivity index is 1.44. The van der Waals surface area contributed by atoms with E-state index < -0.39 is 0 Å². The SMILES string of the molecule is C[C@@H]1CN(CCC(=O)NNC(=O)c2ccc(-c3ccccc3)cc2)C[C@H](C)O1. The molecule has 0 spiro atoms. The first kappa shape index (κ1) is 20.0. The summed E-state index contributed by atoms with van der Waals surface area (Å²) in [6, 6.07) is 17.2. The van der Waals surface area contributed by atoms with Crippen LogP contribution in [0.1, 0.15) is 30.6 Å². The van der Waals surface area contributed by atoms with Crippen molar-refractivity contribution in [1.29, 1.82) is 0 Å². The number of hydrogen-bond acceptors (Lipinski definition) is 4. The van der Waals surface area contributed by atoms with Gasteiger partial charge in [-0.3, -0.25) is 25.3 Å². The van der Waals surface area contributed by atoms with Gasteiger partial charge in [0.05, 0.1) is 12.2 Å². The van der Waals surface area contributed by atoms with Gasteiger partial charge in [0.2, 0.25) is 5.91 Å². The molecule has 0 unspecified atom stereocenters. The Morgan fingerprint density at radius 1 is 0.929 bits per heavy atom. The van der Waals surface area contributed by atoms with Gasteiger partial charge in [-0.1, -0.05) is 42.5 Å². The van der Waals surface area contributed by atoms with Crippen LogP contribution in [0.15, 0.2) is 54.6 Å². The molecule has 0 saturated carbocycles. The van der Waals surface area contributed by atoms with Crippen LogP contribution < -0.4 is 10.9 Å². The third kappa shape index (κ3) is 5.65. The van der Waals surface area contributed by atoms with E-state index in [0.717, 1.165) is 24.2 Å². The summed E-state index contributed by atoms with van der Waals surface area (Å²) < 4.78 is 5.69. The third-order valence-corrected chi connectivity index (χ3v) is 4.72. The van der Waals surface area contributed by atoms with Crippen molar-refractivity contribution in [3.05, 3.63) is 60.2 Å². The zero-order valence-electron chi connectivity index (χ0n) is 16.4. The predicted molar refractivity (Wildman–Crippen MR) is 109 cm³/mol. The van der Waals surface area contributed by atoms with E-state index >= 15 is 0 Å². The van der Waals surface area contributed by atoms with Crippen molar-refractivity contribution < 1.29 is 14.3 Å². The molecule has 2 N–H and O–H groups in total. The molecule has 6 nitrogen and oxygen atoms in total. The lowest BCUT2D eigenvalue weighted by Gasteiger charge is -2.35. The van der Waals surface area contributed by atoms with Gasteiger partial charge in [0.15, 0.2) is 0 Å². The second kappa shape index (κ2) is 9.48. The number of amides is 2. The number of carbonyl (C=O) groups is 2. The molecular weight excluding hydrogens is 354 g/mol. The Kier molecular flexibility index (Phi) is 6.79. The van der Waals surface area contributed by atoms with Crippen molar-refractivity contribution in [3.8, 4) is 11.1 Å². The van der Waals surface area contributed by atoms with Crippen molar-refractivity contribution in [1.82, 2.24) is 15.8 Å². The normalized spacial score (nSPS) is 19.8. The highest BCUT2D eigenvalue weighted by Crippen LogP contribution is 2.19. The summed E-state index contributed by atoms with van der Waals surface area (Å²) in [7, 11) is 0. The predicted octanol–water partition coefficient (Wildman–Crippen LogP) is 2.61. The quantitative estimate of drug-likeness (QED) is 0.781. The van der Waals surface area contributed by atoms with Gasteiger partial charge in [0.25, 0.3) is 5.91 Å². The molecule has 0 bridgehead atoms. The lowest BCUT2D eigenvalue weighted by molar-refractivity contribution is -0.123. The molecule has 1 aliphatic heterocycles. The van der Waals surface area contributed by atoms with E-state index in [9.17, 15) is 9.59 Å². The molecule has 2 amide bonds. The standard InChI is InChI=1S/C22H27N3O3/c1-16-14-25(15-17(2)28-16)13-12-21(26)23-24-22(27)20-10-8-19(9-11-20)18-6-4-3-5-7-18/h3-11,16-17H,12-15H2,1-2H3,(H,23,26)(H,24,27)/t16-,17+. The number of nitrogens with one attached hydrogen (secondary N) is 2. The smallest absolute Gasteiger partial charge is 0.269 e. The van der Waals surface area contributed by atoms with Crippen LogP contribution in [0.4, 0.5) is 0 Å². The van der Waals surface area contributed by atoms with Crippen LogP contribution in [-0.2, 0) is 9.53 Å². The Hall–Kier alpha value is -2.70. The fraction of sp³-hybridized carbons (Fsp3) is 0.364. The number of hydrogen-bond donors (Lipinski definition) is 2. The average Bonchev–Trinajstić information content (AvgIpc) is 2.70. The molecular formula is C22H27N3O3. The molecule has 148 valence electrons. The van der Waals surface area contributed by atoms with Crippen LogP contribution >= 0.6 is 0 Å². The number of carbonyl (C=O) groups excluding carboxylic acids is 2. The second-order valence-electron chi connectivity index (χ2n) is 7.21. The molecule has 2 atom stereocenters. The van der Waals surface area contributed by atoms with Crippen molar-refractivity contribution in [2.24, 2.45) is 0 Å². The molecule has 1 saturated heterocycles. The lowest BCUT2D eigenvalue weighted by atomic mass is 10.0. The molecule has 28 heavy (non-hydrogen) atoms. The van der Waals surface area contributed by atoms with Gasteiger partial charge in [0, 0.05) is 31.6 Å². The second-order valence-corrected chi connectivity index (χ2v) is 7.21. The van der Waals surface area contributed by atoms with Gasteiger partial charge >= 0.3 is 0 Å². The van der Waals surface area contributed by atoms with Gasteiger partial charge in [-0.15, -0.1) is 0 Å². The van der Waals surface area contributed by atoms with Crippen LogP contribution in [0, 0.1) is 0 Å². The van der Waals surface area contributed by atoms with Crippen LogP contribution in [0.5, 0.6) is 0 Å². The van der Waals surface area contributed by atoms with Crippen molar-refractivity contribution in [2.75, 3.05) is 19.6 Å². The number of ether oxygens (including phenoxy) is 1. The minimum absolute atomic E-state index is 0.172. The number of morpholine rings is 1. The highest BCUT2D eigenvalue weighted by Gasteiger charge is 2.22. The zero-order valence-corrected chi connectivity index (χ0v) is 16.4. The summed E-state index contributed by atoms with van der Waals surface area (Å²) >= 11 is 0. The molecule has 0 aliphatic carbocycles. The highest BCUT2D eigenvalue weighted by molar-refractivity contribution is 5.95. The Morgan fingerprint density at radius 2 is 1.54 bits per heavy atom. The first-order chi connectivity index (χ1) is 13.5. The molecule has 1 aliphatic rings. The van der Waals surface area contributed by atoms with Gasteiger partial charge in [-0.25, -0.2) is 0 Å². The van der Waals surface area contributed by atoms with Gasteiger partial charge in [0.1, 0.15) is 0 Å². The van der Waals surface area contributed by atoms with E-state index in [1.165, 1.54) is 0 Å². The van der Waals surface area contributed by atoms with Crippen LogP contribution in [-0.4, -0.2) is 48.6 Å². The molecule has 2 aromatic carbocycles. The lowest BCUT2D eigenvalue weighted by Crippen LogP contribution is -2.47. The maximum absolute atomic E-state index is 12.2. The maximum Gasteiger partial charge on any atom is 0.269 e. The fourth-order valence-corrected chi connectivity index (χ4v) is 3.43. The van der Waals surface area contributed by atoms with Crippen molar-refractivity contribution in [3.63, 3.8) is 0 Å². The van der Waals surface area contributed by atoms with E-state index in [1.54, 1.807) is 12.1 Å². The summed E-state index contributed by atoms with van der Waals surface area (Å²) in [6.45, 7) is 6.35.